The second kappa shape index (κ2) is 12.7. The monoisotopic (exact) mass is 548 g/mol. The maximum absolute atomic E-state index is 13.4. The van der Waals surface area contributed by atoms with E-state index >= 15 is 0 Å². The zero-order chi connectivity index (χ0) is 28.7. The molecule has 2 aromatic carbocycles. The lowest BCUT2D eigenvalue weighted by molar-refractivity contribution is -0.129. The predicted molar refractivity (Wildman–Crippen MR) is 149 cm³/mol. The molecule has 4 rings (SSSR count). The van der Waals surface area contributed by atoms with E-state index in [4.69, 9.17) is 9.47 Å². The first-order chi connectivity index (χ1) is 19.1. The van der Waals surface area contributed by atoms with Gasteiger partial charge in [0.15, 0.2) is 0 Å². The molecule has 2 N–H and O–H groups in total. The maximum Gasteiger partial charge on any atom is 0.410 e. The minimum absolute atomic E-state index is 0.0138. The first-order valence-corrected chi connectivity index (χ1v) is 13.4. The molecular formula is C30H36N4O6. The van der Waals surface area contributed by atoms with Gasteiger partial charge in [-0.15, -0.1) is 0 Å². The first-order valence-electron chi connectivity index (χ1n) is 13.4. The Morgan fingerprint density at radius 3 is 2.58 bits per heavy atom. The van der Waals surface area contributed by atoms with E-state index in [2.05, 4.69) is 10.6 Å². The van der Waals surface area contributed by atoms with Gasteiger partial charge in [0.05, 0.1) is 12.6 Å². The molecule has 212 valence electrons. The molecule has 10 nitrogen and oxygen atoms in total. The lowest BCUT2D eigenvalue weighted by atomic mass is 10.0. The Kier molecular flexibility index (Phi) is 9.08. The predicted octanol–water partition coefficient (Wildman–Crippen LogP) is 4.07. The van der Waals surface area contributed by atoms with Crippen molar-refractivity contribution >= 4 is 29.7 Å². The molecule has 2 aliphatic heterocycles. The Hall–Kier alpha value is -4.34. The molecule has 40 heavy (non-hydrogen) atoms. The third kappa shape index (κ3) is 7.62. The number of nitrogens with zero attached hydrogens (tertiary/aromatic N) is 2. The molecule has 2 atom stereocenters. The number of ether oxygens (including phenoxy) is 2. The van der Waals surface area contributed by atoms with Crippen molar-refractivity contribution < 1.29 is 28.7 Å². The summed E-state index contributed by atoms with van der Waals surface area (Å²) in [5.74, 6) is -0.770. The largest absolute Gasteiger partial charge is 0.445 e. The Bertz CT molecular complexity index is 1260. The Morgan fingerprint density at radius 2 is 1.82 bits per heavy atom. The van der Waals surface area contributed by atoms with Gasteiger partial charge in [-0.1, -0.05) is 54.6 Å². The first kappa shape index (κ1) is 28.7. The van der Waals surface area contributed by atoms with Crippen LogP contribution < -0.4 is 15.5 Å². The number of piperazine rings is 1. The average molecular weight is 549 g/mol. The summed E-state index contributed by atoms with van der Waals surface area (Å²) >= 11 is 0. The molecular weight excluding hydrogens is 512 g/mol. The zero-order valence-corrected chi connectivity index (χ0v) is 23.1. The van der Waals surface area contributed by atoms with E-state index in [0.29, 0.717) is 25.1 Å². The van der Waals surface area contributed by atoms with E-state index in [1.54, 1.807) is 39.0 Å². The van der Waals surface area contributed by atoms with Gasteiger partial charge < -0.3 is 20.1 Å². The van der Waals surface area contributed by atoms with Gasteiger partial charge in [-0.25, -0.2) is 9.59 Å². The van der Waals surface area contributed by atoms with E-state index in [9.17, 15) is 19.2 Å². The standard InChI is InChI=1S/C30H36N4O6/c1-30(2,3)40-29(38)33-18-25-27(36)31-16-9-5-8-15-24(32-28(37)39-20-21-11-6-4-7-12-21)22-13-10-14-23(17-22)34(25)26(35)19-33/h4-8,10-14,17,24-25H,9,15-16,18-20H2,1-3H3,(H,31,36)(H,32,37)/b8-5+/t24-,25+/m0/s1. The van der Waals surface area contributed by atoms with Gasteiger partial charge in [0.2, 0.25) is 11.8 Å². The second-order valence-electron chi connectivity index (χ2n) is 10.8. The number of benzene rings is 2. The highest BCUT2D eigenvalue weighted by molar-refractivity contribution is 6.04. The summed E-state index contributed by atoms with van der Waals surface area (Å²) in [7, 11) is 0. The molecule has 0 radical (unpaired) electrons. The molecule has 0 saturated carbocycles. The van der Waals surface area contributed by atoms with Crippen LogP contribution in [0.5, 0.6) is 0 Å². The normalized spacial score (nSPS) is 20.6. The minimum atomic E-state index is -0.948. The van der Waals surface area contributed by atoms with E-state index < -0.39 is 35.8 Å². The summed E-state index contributed by atoms with van der Waals surface area (Å²) in [6.45, 7) is 5.49. The van der Waals surface area contributed by atoms with Gasteiger partial charge in [0.25, 0.3) is 0 Å². The van der Waals surface area contributed by atoms with Crippen molar-refractivity contribution in [2.24, 2.45) is 0 Å². The smallest absolute Gasteiger partial charge is 0.410 e. The van der Waals surface area contributed by atoms with Crippen molar-refractivity contribution in [3.05, 3.63) is 77.9 Å². The van der Waals surface area contributed by atoms with Crippen molar-refractivity contribution in [2.75, 3.05) is 24.5 Å². The topological polar surface area (TPSA) is 117 Å². The molecule has 2 aromatic rings. The van der Waals surface area contributed by atoms with Crippen LogP contribution in [0.2, 0.25) is 0 Å². The molecule has 10 heteroatoms. The number of rotatable bonds is 3. The fraction of sp³-hybridized carbons (Fsp3) is 0.400. The molecule has 0 aliphatic carbocycles. The van der Waals surface area contributed by atoms with Crippen LogP contribution in [0.3, 0.4) is 0 Å². The third-order valence-corrected chi connectivity index (χ3v) is 6.46. The Labute approximate surface area is 234 Å². The van der Waals surface area contributed by atoms with E-state index in [1.807, 2.05) is 48.6 Å². The molecule has 0 spiro atoms. The molecule has 1 saturated heterocycles. The van der Waals surface area contributed by atoms with Gasteiger partial charge in [0.1, 0.15) is 24.8 Å². The van der Waals surface area contributed by atoms with Crippen molar-refractivity contribution in [1.29, 1.82) is 0 Å². The summed E-state index contributed by atoms with van der Waals surface area (Å²) in [4.78, 5) is 54.8. The van der Waals surface area contributed by atoms with E-state index in [1.165, 1.54) is 9.80 Å². The minimum Gasteiger partial charge on any atom is -0.445 e. The zero-order valence-electron chi connectivity index (χ0n) is 23.1. The summed E-state index contributed by atoms with van der Waals surface area (Å²) in [6, 6.07) is 15.2. The van der Waals surface area contributed by atoms with Crippen LogP contribution in [0.15, 0.2) is 66.7 Å². The van der Waals surface area contributed by atoms with Crippen LogP contribution >= 0.6 is 0 Å². The molecule has 0 aromatic heterocycles. The van der Waals surface area contributed by atoms with Crippen LogP contribution in [-0.4, -0.2) is 60.2 Å². The lowest BCUT2D eigenvalue weighted by Gasteiger charge is -2.40. The van der Waals surface area contributed by atoms with Gasteiger partial charge in [-0.2, -0.15) is 0 Å². The SMILES string of the molecule is CC(C)(C)OC(=O)N1CC(=O)N2c3cccc(c3)[C@@H](NC(=O)OCc3ccccc3)C/C=C/CCNC(=O)[C@H]2C1. The lowest BCUT2D eigenvalue weighted by Crippen LogP contribution is -2.63. The Morgan fingerprint density at radius 1 is 1.05 bits per heavy atom. The molecule has 2 aliphatic rings. The summed E-state index contributed by atoms with van der Waals surface area (Å²) in [6.07, 6.45) is 3.72. The number of hydrogen-bond acceptors (Lipinski definition) is 6. The van der Waals surface area contributed by atoms with Crippen molar-refractivity contribution in [2.45, 2.75) is 57.9 Å². The third-order valence-electron chi connectivity index (χ3n) is 6.46. The Balaban J connectivity index is 1.58. The molecule has 4 amide bonds. The molecule has 2 bridgehead atoms. The van der Waals surface area contributed by atoms with Gasteiger partial charge in [-0.05, 0) is 56.9 Å². The number of amides is 4. The number of carbonyl (C=O) groups is 4. The highest BCUT2D eigenvalue weighted by Gasteiger charge is 2.41. The van der Waals surface area contributed by atoms with Gasteiger partial charge in [-0.3, -0.25) is 19.4 Å². The van der Waals surface area contributed by atoms with E-state index in [0.717, 1.165) is 11.1 Å². The fourth-order valence-electron chi connectivity index (χ4n) is 4.58. The van der Waals surface area contributed by atoms with Crippen LogP contribution in [0, 0.1) is 0 Å². The highest BCUT2D eigenvalue weighted by atomic mass is 16.6. The van der Waals surface area contributed by atoms with Crippen LogP contribution in [0.25, 0.3) is 0 Å². The molecule has 0 unspecified atom stereocenters. The average Bonchev–Trinajstić information content (AvgIpc) is 2.92. The van der Waals surface area contributed by atoms with Gasteiger partial charge in [0, 0.05) is 12.2 Å². The maximum atomic E-state index is 13.4. The van der Waals surface area contributed by atoms with E-state index in [-0.39, 0.29) is 25.6 Å². The quantitative estimate of drug-likeness (QED) is 0.559. The van der Waals surface area contributed by atoms with Crippen LogP contribution in [0.4, 0.5) is 15.3 Å². The highest BCUT2D eigenvalue weighted by Crippen LogP contribution is 2.28. The van der Waals surface area contributed by atoms with Gasteiger partial charge >= 0.3 is 12.2 Å². The van der Waals surface area contributed by atoms with Crippen molar-refractivity contribution in [3.63, 3.8) is 0 Å². The van der Waals surface area contributed by atoms with Crippen molar-refractivity contribution in [3.8, 4) is 0 Å². The summed E-state index contributed by atoms with van der Waals surface area (Å²) in [5.41, 5.74) is 1.38. The fourth-order valence-corrected chi connectivity index (χ4v) is 4.58. The van der Waals surface area contributed by atoms with Crippen LogP contribution in [0.1, 0.15) is 50.8 Å². The van der Waals surface area contributed by atoms with Crippen LogP contribution in [-0.2, 0) is 25.7 Å². The second-order valence-corrected chi connectivity index (χ2v) is 10.8. The number of alkyl carbamates (subject to hydrolysis) is 1. The molecule has 2 heterocycles. The number of nitrogens with one attached hydrogen (secondary N) is 2. The number of fused-ring (bicyclic) bond motifs is 4. The van der Waals surface area contributed by atoms with Crippen molar-refractivity contribution in [1.82, 2.24) is 15.5 Å². The molecule has 1 fully saturated rings. The number of carbonyl (C=O) groups excluding carboxylic acids is 4. The summed E-state index contributed by atoms with van der Waals surface area (Å²) in [5, 5.41) is 5.81. The number of anilines is 1. The summed E-state index contributed by atoms with van der Waals surface area (Å²) < 4.78 is 10.9. The number of hydrogen-bond donors (Lipinski definition) is 2.